The Morgan fingerprint density at radius 3 is 3.06 bits per heavy atom. The highest BCUT2D eigenvalue weighted by atomic mass is 32.1. The Kier molecular flexibility index (Phi) is 2.44. The first kappa shape index (κ1) is 10.2. The molecule has 0 unspecified atom stereocenters. The van der Waals surface area contributed by atoms with Crippen LogP contribution in [0.1, 0.15) is 18.5 Å². The Bertz CT molecular complexity index is 456. The average Bonchev–Trinajstić information content (AvgIpc) is 2.78. The number of fused-ring (bicyclic) bond motifs is 1. The van der Waals surface area contributed by atoms with Crippen LogP contribution < -0.4 is 5.32 Å². The fourth-order valence-corrected chi connectivity index (χ4v) is 2.96. The number of piperidine rings is 1. The smallest absolute Gasteiger partial charge is 0.193 e. The van der Waals surface area contributed by atoms with E-state index in [1.165, 1.54) is 0 Å². The van der Waals surface area contributed by atoms with E-state index in [4.69, 9.17) is 0 Å². The zero-order valence-electron chi connectivity index (χ0n) is 8.95. The van der Waals surface area contributed by atoms with Crippen LogP contribution in [-0.2, 0) is 6.42 Å². The maximum Gasteiger partial charge on any atom is 0.193 e. The molecule has 16 heavy (non-hydrogen) atoms. The van der Waals surface area contributed by atoms with Crippen molar-refractivity contribution >= 4 is 16.3 Å². The highest BCUT2D eigenvalue weighted by Gasteiger charge is 2.32. The number of aromatic nitrogens is 2. The zero-order chi connectivity index (χ0) is 11.0. The Labute approximate surface area is 97.3 Å². The van der Waals surface area contributed by atoms with Gasteiger partial charge in [0.15, 0.2) is 4.96 Å². The first-order chi connectivity index (χ1) is 7.75. The molecule has 0 aromatic carbocycles. The molecule has 5 heteroatoms. The second-order valence-corrected chi connectivity index (χ2v) is 5.28. The summed E-state index contributed by atoms with van der Waals surface area (Å²) in [7, 11) is 0. The van der Waals surface area contributed by atoms with Crippen LogP contribution in [0.15, 0.2) is 17.8 Å². The molecule has 1 saturated heterocycles. The summed E-state index contributed by atoms with van der Waals surface area (Å²) < 4.78 is 16.4. The van der Waals surface area contributed by atoms with Crippen molar-refractivity contribution < 1.29 is 4.39 Å². The third-order valence-electron chi connectivity index (χ3n) is 3.14. The Morgan fingerprint density at radius 1 is 1.50 bits per heavy atom. The summed E-state index contributed by atoms with van der Waals surface area (Å²) in [5.41, 5.74) is -0.189. The van der Waals surface area contributed by atoms with Gasteiger partial charge in [-0.2, -0.15) is 0 Å². The largest absolute Gasteiger partial charge is 0.316 e. The van der Waals surface area contributed by atoms with Crippen molar-refractivity contribution in [2.24, 2.45) is 0 Å². The van der Waals surface area contributed by atoms with Gasteiger partial charge in [-0.05, 0) is 25.9 Å². The van der Waals surface area contributed by atoms with E-state index < -0.39 is 5.67 Å². The fraction of sp³-hybridized carbons (Fsp3) is 0.545. The standard InChI is InChI=1S/C11H14FN3S/c12-11(1-3-13-4-2-11)7-9-8-15-5-6-16-10(15)14-9/h5-6,8,13H,1-4,7H2. The average molecular weight is 239 g/mol. The van der Waals surface area contributed by atoms with Gasteiger partial charge in [-0.1, -0.05) is 0 Å². The third kappa shape index (κ3) is 1.85. The first-order valence-electron chi connectivity index (χ1n) is 5.56. The van der Waals surface area contributed by atoms with Crippen molar-refractivity contribution in [1.82, 2.24) is 14.7 Å². The lowest BCUT2D eigenvalue weighted by Crippen LogP contribution is -2.40. The van der Waals surface area contributed by atoms with Crippen molar-refractivity contribution in [3.8, 4) is 0 Å². The van der Waals surface area contributed by atoms with Crippen LogP contribution in [0.25, 0.3) is 4.96 Å². The van der Waals surface area contributed by atoms with Gasteiger partial charge in [0.1, 0.15) is 5.67 Å². The number of alkyl halides is 1. The summed E-state index contributed by atoms with van der Waals surface area (Å²) in [6, 6.07) is 0. The molecule has 0 saturated carbocycles. The molecule has 0 amide bonds. The molecule has 0 aliphatic carbocycles. The van der Waals surface area contributed by atoms with Crippen molar-refractivity contribution in [3.63, 3.8) is 0 Å². The zero-order valence-corrected chi connectivity index (χ0v) is 9.76. The fourth-order valence-electron chi connectivity index (χ4n) is 2.24. The van der Waals surface area contributed by atoms with Gasteiger partial charge in [-0.15, -0.1) is 11.3 Å². The molecule has 1 N–H and O–H groups in total. The van der Waals surface area contributed by atoms with Crippen molar-refractivity contribution in [3.05, 3.63) is 23.5 Å². The molecule has 0 atom stereocenters. The lowest BCUT2D eigenvalue weighted by atomic mass is 9.90. The maximum atomic E-state index is 14.4. The van der Waals surface area contributed by atoms with E-state index >= 15 is 0 Å². The first-order valence-corrected chi connectivity index (χ1v) is 6.44. The molecule has 0 bridgehead atoms. The van der Waals surface area contributed by atoms with Gasteiger partial charge >= 0.3 is 0 Å². The summed E-state index contributed by atoms with van der Waals surface area (Å²) in [6.45, 7) is 1.55. The lowest BCUT2D eigenvalue weighted by molar-refractivity contribution is 0.115. The minimum atomic E-state index is -1.06. The minimum absolute atomic E-state index is 0.448. The molecule has 0 radical (unpaired) electrons. The van der Waals surface area contributed by atoms with E-state index in [-0.39, 0.29) is 0 Å². The van der Waals surface area contributed by atoms with Crippen LogP contribution in [0.5, 0.6) is 0 Å². The number of hydrogen-bond acceptors (Lipinski definition) is 3. The topological polar surface area (TPSA) is 29.3 Å². The Balaban J connectivity index is 1.80. The summed E-state index contributed by atoms with van der Waals surface area (Å²) >= 11 is 1.59. The van der Waals surface area contributed by atoms with E-state index in [0.717, 1.165) is 23.7 Å². The Hall–Kier alpha value is -0.940. The molecule has 2 aromatic rings. The van der Waals surface area contributed by atoms with E-state index in [1.807, 2.05) is 22.2 Å². The highest BCUT2D eigenvalue weighted by Crippen LogP contribution is 2.27. The quantitative estimate of drug-likeness (QED) is 0.869. The number of nitrogens with one attached hydrogen (secondary N) is 1. The van der Waals surface area contributed by atoms with Gasteiger partial charge in [-0.3, -0.25) is 4.40 Å². The normalized spacial score (nSPS) is 20.3. The summed E-state index contributed by atoms with van der Waals surface area (Å²) in [5.74, 6) is 0. The van der Waals surface area contributed by atoms with Gasteiger partial charge < -0.3 is 5.32 Å². The SMILES string of the molecule is FC1(Cc2cn3ccsc3n2)CCNCC1. The number of thiazole rings is 1. The van der Waals surface area contributed by atoms with Gasteiger partial charge in [0.05, 0.1) is 5.69 Å². The van der Waals surface area contributed by atoms with Crippen LogP contribution in [0.4, 0.5) is 4.39 Å². The van der Waals surface area contributed by atoms with Gasteiger partial charge in [-0.25, -0.2) is 9.37 Å². The molecular formula is C11H14FN3S. The predicted octanol–water partition coefficient (Wildman–Crippen LogP) is 2.03. The van der Waals surface area contributed by atoms with E-state index in [1.54, 1.807) is 11.3 Å². The molecule has 3 nitrogen and oxygen atoms in total. The number of halogens is 1. The van der Waals surface area contributed by atoms with E-state index in [9.17, 15) is 4.39 Å². The lowest BCUT2D eigenvalue weighted by Gasteiger charge is -2.29. The molecule has 86 valence electrons. The summed E-state index contributed by atoms with van der Waals surface area (Å²) in [5, 5.41) is 5.17. The van der Waals surface area contributed by atoms with Gasteiger partial charge in [0.2, 0.25) is 0 Å². The molecule has 0 spiro atoms. The van der Waals surface area contributed by atoms with Gasteiger partial charge in [0, 0.05) is 24.2 Å². The van der Waals surface area contributed by atoms with Crippen molar-refractivity contribution in [2.75, 3.05) is 13.1 Å². The van der Waals surface area contributed by atoms with Crippen LogP contribution in [0.3, 0.4) is 0 Å². The van der Waals surface area contributed by atoms with E-state index in [2.05, 4.69) is 10.3 Å². The number of hydrogen-bond donors (Lipinski definition) is 1. The predicted molar refractivity (Wildman–Crippen MR) is 62.7 cm³/mol. The maximum absolute atomic E-state index is 14.4. The molecule has 1 fully saturated rings. The summed E-state index contributed by atoms with van der Waals surface area (Å²) in [4.78, 5) is 5.38. The van der Waals surface area contributed by atoms with Crippen LogP contribution >= 0.6 is 11.3 Å². The van der Waals surface area contributed by atoms with E-state index in [0.29, 0.717) is 19.3 Å². The Morgan fingerprint density at radius 2 is 2.31 bits per heavy atom. The number of nitrogens with zero attached hydrogens (tertiary/aromatic N) is 2. The third-order valence-corrected chi connectivity index (χ3v) is 3.91. The minimum Gasteiger partial charge on any atom is -0.316 e. The summed E-state index contributed by atoms with van der Waals surface area (Å²) in [6.07, 6.45) is 5.54. The molecule has 3 rings (SSSR count). The van der Waals surface area contributed by atoms with Crippen molar-refractivity contribution in [2.45, 2.75) is 24.9 Å². The second kappa shape index (κ2) is 3.82. The second-order valence-electron chi connectivity index (χ2n) is 4.40. The molecule has 2 aromatic heterocycles. The molecular weight excluding hydrogens is 225 g/mol. The van der Waals surface area contributed by atoms with Gasteiger partial charge in [0.25, 0.3) is 0 Å². The number of rotatable bonds is 2. The monoisotopic (exact) mass is 239 g/mol. The number of imidazole rings is 1. The molecule has 1 aliphatic heterocycles. The highest BCUT2D eigenvalue weighted by molar-refractivity contribution is 7.15. The van der Waals surface area contributed by atoms with Crippen LogP contribution in [-0.4, -0.2) is 28.1 Å². The van der Waals surface area contributed by atoms with Crippen LogP contribution in [0, 0.1) is 0 Å². The van der Waals surface area contributed by atoms with Crippen molar-refractivity contribution in [1.29, 1.82) is 0 Å². The molecule has 1 aliphatic rings. The molecule has 3 heterocycles. The van der Waals surface area contributed by atoms with Crippen LogP contribution in [0.2, 0.25) is 0 Å².